The number of carbonyl (C=O) groups is 1. The van der Waals surface area contributed by atoms with Gasteiger partial charge in [0.25, 0.3) is 5.91 Å². The van der Waals surface area contributed by atoms with E-state index in [2.05, 4.69) is 20.6 Å². The molecule has 0 aliphatic carbocycles. The number of nitrogens with one attached hydrogen (secondary N) is 2. The first kappa shape index (κ1) is 17.3. The number of rotatable bonds is 6. The molecular formula is C19H17FN4O2. The smallest absolute Gasteiger partial charge is 0.274 e. The number of hydrogen-bond donors (Lipinski definition) is 2. The van der Waals surface area contributed by atoms with E-state index < -0.39 is 5.91 Å². The standard InChI is InChI=1S/C19H17FN4O2/c1-26-17-5-3-2-4-13(17)11-21-18-10-16(22-12-23-18)19(25)24-15-8-6-14(20)7-9-15/h2-10,12H,11H2,1H3,(H,24,25)(H,21,22,23). The first-order valence-electron chi connectivity index (χ1n) is 7.90. The molecule has 1 aromatic heterocycles. The molecule has 0 aliphatic rings. The zero-order valence-electron chi connectivity index (χ0n) is 14.1. The van der Waals surface area contributed by atoms with Crippen molar-refractivity contribution in [1.29, 1.82) is 0 Å². The van der Waals surface area contributed by atoms with Gasteiger partial charge in [0.15, 0.2) is 0 Å². The van der Waals surface area contributed by atoms with Crippen LogP contribution in [0.4, 0.5) is 15.9 Å². The molecule has 0 spiro atoms. The number of nitrogens with zero attached hydrogens (tertiary/aromatic N) is 2. The number of ether oxygens (including phenoxy) is 1. The van der Waals surface area contributed by atoms with Gasteiger partial charge >= 0.3 is 0 Å². The van der Waals surface area contributed by atoms with Crippen LogP contribution in [0.3, 0.4) is 0 Å². The quantitative estimate of drug-likeness (QED) is 0.710. The lowest BCUT2D eigenvalue weighted by Gasteiger charge is -2.10. The Hall–Kier alpha value is -3.48. The summed E-state index contributed by atoms with van der Waals surface area (Å²) in [7, 11) is 1.61. The van der Waals surface area contributed by atoms with Gasteiger partial charge < -0.3 is 15.4 Å². The van der Waals surface area contributed by atoms with Crippen molar-refractivity contribution >= 4 is 17.4 Å². The van der Waals surface area contributed by atoms with Crippen molar-refractivity contribution in [3.8, 4) is 5.75 Å². The minimum Gasteiger partial charge on any atom is -0.496 e. The lowest BCUT2D eigenvalue weighted by Crippen LogP contribution is -2.14. The van der Waals surface area contributed by atoms with E-state index in [-0.39, 0.29) is 11.5 Å². The fraction of sp³-hybridized carbons (Fsp3) is 0.105. The Bertz CT molecular complexity index is 900. The summed E-state index contributed by atoms with van der Waals surface area (Å²) in [5.74, 6) is 0.505. The minimum absolute atomic E-state index is 0.201. The van der Waals surface area contributed by atoms with Gasteiger partial charge in [-0.25, -0.2) is 14.4 Å². The molecule has 0 unspecified atom stereocenters. The average Bonchev–Trinajstić information content (AvgIpc) is 2.68. The largest absolute Gasteiger partial charge is 0.496 e. The lowest BCUT2D eigenvalue weighted by atomic mass is 10.2. The topological polar surface area (TPSA) is 76.1 Å². The molecule has 1 amide bonds. The predicted molar refractivity (Wildman–Crippen MR) is 96.7 cm³/mol. The summed E-state index contributed by atoms with van der Waals surface area (Å²) in [6.07, 6.45) is 1.31. The summed E-state index contributed by atoms with van der Waals surface area (Å²) in [6.45, 7) is 0.486. The Balaban J connectivity index is 1.67. The van der Waals surface area contributed by atoms with E-state index >= 15 is 0 Å². The molecule has 0 saturated carbocycles. The molecule has 6 nitrogen and oxygen atoms in total. The second kappa shape index (κ2) is 8.06. The first-order chi connectivity index (χ1) is 12.7. The number of amides is 1. The second-order valence-electron chi connectivity index (χ2n) is 5.41. The maximum atomic E-state index is 12.9. The van der Waals surface area contributed by atoms with Crippen molar-refractivity contribution in [2.45, 2.75) is 6.54 Å². The van der Waals surface area contributed by atoms with Gasteiger partial charge in [0.2, 0.25) is 0 Å². The third-order valence-corrected chi connectivity index (χ3v) is 3.65. The average molecular weight is 352 g/mol. The van der Waals surface area contributed by atoms with Crippen LogP contribution in [-0.2, 0) is 6.54 Å². The molecule has 7 heteroatoms. The van der Waals surface area contributed by atoms with Crippen molar-refractivity contribution in [3.05, 3.63) is 78.0 Å². The van der Waals surface area contributed by atoms with Crippen LogP contribution in [0.1, 0.15) is 16.1 Å². The van der Waals surface area contributed by atoms with E-state index in [0.717, 1.165) is 11.3 Å². The highest BCUT2D eigenvalue weighted by Gasteiger charge is 2.10. The summed E-state index contributed by atoms with van der Waals surface area (Å²) in [4.78, 5) is 20.4. The SMILES string of the molecule is COc1ccccc1CNc1cc(C(=O)Nc2ccc(F)cc2)ncn1. The van der Waals surface area contributed by atoms with Gasteiger partial charge in [-0.1, -0.05) is 18.2 Å². The lowest BCUT2D eigenvalue weighted by molar-refractivity contribution is 0.102. The monoisotopic (exact) mass is 352 g/mol. The summed E-state index contributed by atoms with van der Waals surface area (Å²) in [5, 5.41) is 5.80. The number of para-hydroxylation sites is 1. The van der Waals surface area contributed by atoms with Crippen LogP contribution < -0.4 is 15.4 Å². The highest BCUT2D eigenvalue weighted by Crippen LogP contribution is 2.18. The number of anilines is 2. The molecule has 0 aliphatic heterocycles. The molecule has 0 saturated heterocycles. The highest BCUT2D eigenvalue weighted by molar-refractivity contribution is 6.03. The van der Waals surface area contributed by atoms with Gasteiger partial charge in [-0.15, -0.1) is 0 Å². The second-order valence-corrected chi connectivity index (χ2v) is 5.41. The van der Waals surface area contributed by atoms with E-state index in [1.165, 1.54) is 30.6 Å². The first-order valence-corrected chi connectivity index (χ1v) is 7.90. The highest BCUT2D eigenvalue weighted by atomic mass is 19.1. The van der Waals surface area contributed by atoms with Crippen molar-refractivity contribution in [2.75, 3.05) is 17.7 Å². The predicted octanol–water partition coefficient (Wildman–Crippen LogP) is 3.49. The maximum absolute atomic E-state index is 12.9. The Morgan fingerprint density at radius 2 is 1.88 bits per heavy atom. The van der Waals surface area contributed by atoms with E-state index in [0.29, 0.717) is 18.1 Å². The van der Waals surface area contributed by atoms with E-state index in [4.69, 9.17) is 4.74 Å². The number of aromatic nitrogens is 2. The summed E-state index contributed by atoms with van der Waals surface area (Å²) in [5.41, 5.74) is 1.65. The van der Waals surface area contributed by atoms with Crippen LogP contribution in [0.2, 0.25) is 0 Å². The molecular weight excluding hydrogens is 335 g/mol. The molecule has 1 heterocycles. The van der Waals surface area contributed by atoms with Crippen LogP contribution in [0.15, 0.2) is 60.9 Å². The van der Waals surface area contributed by atoms with Crippen LogP contribution in [0, 0.1) is 5.82 Å². The van der Waals surface area contributed by atoms with Gasteiger partial charge in [-0.3, -0.25) is 4.79 Å². The van der Waals surface area contributed by atoms with Crippen molar-refractivity contribution in [3.63, 3.8) is 0 Å². The third kappa shape index (κ3) is 4.32. The van der Waals surface area contributed by atoms with Crippen LogP contribution in [-0.4, -0.2) is 23.0 Å². The van der Waals surface area contributed by atoms with Gasteiger partial charge in [0.05, 0.1) is 7.11 Å². The third-order valence-electron chi connectivity index (χ3n) is 3.65. The molecule has 0 atom stereocenters. The van der Waals surface area contributed by atoms with Gasteiger partial charge in [-0.2, -0.15) is 0 Å². The van der Waals surface area contributed by atoms with Crippen LogP contribution in [0.5, 0.6) is 5.75 Å². The number of methoxy groups -OCH3 is 1. The minimum atomic E-state index is -0.403. The molecule has 0 fully saturated rings. The Morgan fingerprint density at radius 1 is 1.12 bits per heavy atom. The fourth-order valence-corrected chi connectivity index (χ4v) is 2.34. The molecule has 132 valence electrons. The molecule has 3 rings (SSSR count). The summed E-state index contributed by atoms with van der Waals surface area (Å²) < 4.78 is 18.2. The number of hydrogen-bond acceptors (Lipinski definition) is 5. The molecule has 26 heavy (non-hydrogen) atoms. The fourth-order valence-electron chi connectivity index (χ4n) is 2.34. The number of benzene rings is 2. The zero-order valence-corrected chi connectivity index (χ0v) is 14.1. The van der Waals surface area contributed by atoms with Crippen molar-refractivity contribution in [2.24, 2.45) is 0 Å². The molecule has 2 aromatic carbocycles. The van der Waals surface area contributed by atoms with Gasteiger partial charge in [0, 0.05) is 23.9 Å². The van der Waals surface area contributed by atoms with Gasteiger partial charge in [0.1, 0.15) is 29.4 Å². The summed E-state index contributed by atoms with van der Waals surface area (Å²) in [6, 6.07) is 14.7. The van der Waals surface area contributed by atoms with Crippen LogP contribution >= 0.6 is 0 Å². The van der Waals surface area contributed by atoms with E-state index in [1.807, 2.05) is 24.3 Å². The zero-order chi connectivity index (χ0) is 18.4. The summed E-state index contributed by atoms with van der Waals surface area (Å²) >= 11 is 0. The molecule has 0 radical (unpaired) electrons. The van der Waals surface area contributed by atoms with E-state index in [9.17, 15) is 9.18 Å². The molecule has 2 N–H and O–H groups in total. The van der Waals surface area contributed by atoms with Crippen molar-refractivity contribution < 1.29 is 13.9 Å². The Labute approximate surface area is 150 Å². The van der Waals surface area contributed by atoms with Crippen molar-refractivity contribution in [1.82, 2.24) is 9.97 Å². The number of halogens is 1. The molecule has 0 bridgehead atoms. The van der Waals surface area contributed by atoms with Crippen LogP contribution in [0.25, 0.3) is 0 Å². The maximum Gasteiger partial charge on any atom is 0.274 e. The number of carbonyl (C=O) groups excluding carboxylic acids is 1. The Kier molecular flexibility index (Phi) is 5.38. The normalized spacial score (nSPS) is 10.2. The van der Waals surface area contributed by atoms with Gasteiger partial charge in [-0.05, 0) is 30.3 Å². The molecule has 3 aromatic rings. The van der Waals surface area contributed by atoms with E-state index in [1.54, 1.807) is 13.2 Å². The Morgan fingerprint density at radius 3 is 2.65 bits per heavy atom.